The third-order valence-corrected chi connectivity index (χ3v) is 8.74. The van der Waals surface area contributed by atoms with E-state index in [9.17, 15) is 13.2 Å². The second kappa shape index (κ2) is 7.02. The molecule has 0 bridgehead atoms. The van der Waals surface area contributed by atoms with Crippen molar-refractivity contribution in [2.75, 3.05) is 18.4 Å². The Hall–Kier alpha value is -1.60. The number of anilines is 1. The molecule has 2 amide bonds. The number of hydrogen-bond acceptors (Lipinski definition) is 4. The van der Waals surface area contributed by atoms with Crippen LogP contribution in [-0.2, 0) is 35.7 Å². The minimum atomic E-state index is -3.65. The summed E-state index contributed by atoms with van der Waals surface area (Å²) in [6.07, 6.45) is 9.93. The Morgan fingerprint density at radius 1 is 0.929 bits per heavy atom. The van der Waals surface area contributed by atoms with Gasteiger partial charge in [-0.1, -0.05) is 6.07 Å². The molecule has 1 heterocycles. The van der Waals surface area contributed by atoms with Gasteiger partial charge in [-0.15, -0.1) is 0 Å². The van der Waals surface area contributed by atoms with Crippen LogP contribution in [0.25, 0.3) is 0 Å². The zero-order valence-corrected chi connectivity index (χ0v) is 17.1. The SMILES string of the molecule is O=C(Nc1c2c(cc3c1CCC3)CCC2)NS(=O)(=O)C1CCN(C2CC2)CC1. The molecule has 2 N–H and O–H groups in total. The fourth-order valence-electron chi connectivity index (χ4n) is 5.31. The van der Waals surface area contributed by atoms with Gasteiger partial charge in [0.2, 0.25) is 10.0 Å². The lowest BCUT2D eigenvalue weighted by Gasteiger charge is -2.31. The molecular weight excluding hydrogens is 374 g/mol. The third-order valence-electron chi connectivity index (χ3n) is 6.93. The van der Waals surface area contributed by atoms with Crippen molar-refractivity contribution in [3.05, 3.63) is 28.3 Å². The lowest BCUT2D eigenvalue weighted by atomic mass is 9.99. The molecule has 1 saturated carbocycles. The molecule has 2 fully saturated rings. The first-order valence-electron chi connectivity index (χ1n) is 10.7. The molecule has 1 aromatic rings. The molecule has 1 aromatic carbocycles. The van der Waals surface area contributed by atoms with Gasteiger partial charge in [0.1, 0.15) is 0 Å². The topological polar surface area (TPSA) is 78.5 Å². The zero-order chi connectivity index (χ0) is 19.3. The Morgan fingerprint density at radius 3 is 2.11 bits per heavy atom. The number of nitrogens with zero attached hydrogens (tertiary/aromatic N) is 1. The minimum absolute atomic E-state index is 0.472. The molecule has 0 atom stereocenters. The van der Waals surface area contributed by atoms with Crippen molar-refractivity contribution >= 4 is 21.7 Å². The first-order valence-corrected chi connectivity index (χ1v) is 12.3. The number of urea groups is 1. The molecule has 3 aliphatic carbocycles. The summed E-state index contributed by atoms with van der Waals surface area (Å²) < 4.78 is 27.8. The maximum absolute atomic E-state index is 12.8. The predicted octanol–water partition coefficient (Wildman–Crippen LogP) is 2.74. The van der Waals surface area contributed by atoms with E-state index in [2.05, 4.69) is 21.0 Å². The Bertz CT molecular complexity index is 868. The fraction of sp³-hybridized carbons (Fsp3) is 0.667. The first-order chi connectivity index (χ1) is 13.5. The lowest BCUT2D eigenvalue weighted by molar-refractivity contribution is 0.220. The average Bonchev–Trinajstić information content (AvgIpc) is 3.22. The summed E-state index contributed by atoms with van der Waals surface area (Å²) in [5, 5.41) is 2.46. The smallest absolute Gasteiger partial charge is 0.307 e. The van der Waals surface area contributed by atoms with Gasteiger partial charge in [-0.25, -0.2) is 17.9 Å². The number of benzene rings is 1. The molecule has 7 heteroatoms. The number of carbonyl (C=O) groups is 1. The quantitative estimate of drug-likeness (QED) is 0.810. The summed E-state index contributed by atoms with van der Waals surface area (Å²) in [6.45, 7) is 1.63. The molecule has 4 aliphatic rings. The maximum atomic E-state index is 12.8. The second-order valence-corrected chi connectivity index (χ2v) is 10.8. The van der Waals surface area contributed by atoms with Gasteiger partial charge in [-0.3, -0.25) is 0 Å². The molecule has 152 valence electrons. The number of likely N-dealkylation sites (tertiary alicyclic amines) is 1. The van der Waals surface area contributed by atoms with E-state index in [0.717, 1.165) is 57.3 Å². The summed E-state index contributed by atoms with van der Waals surface area (Å²) in [6, 6.07) is 2.37. The summed E-state index contributed by atoms with van der Waals surface area (Å²) in [4.78, 5) is 15.0. The predicted molar refractivity (Wildman–Crippen MR) is 109 cm³/mol. The van der Waals surface area contributed by atoms with Crippen molar-refractivity contribution in [3.8, 4) is 0 Å². The van der Waals surface area contributed by atoms with E-state index in [1.54, 1.807) is 0 Å². The van der Waals surface area contributed by atoms with Crippen molar-refractivity contribution in [1.82, 2.24) is 9.62 Å². The third kappa shape index (κ3) is 3.43. The number of fused-ring (bicyclic) bond motifs is 2. The maximum Gasteiger partial charge on any atom is 0.332 e. The van der Waals surface area contributed by atoms with Crippen molar-refractivity contribution in [1.29, 1.82) is 0 Å². The van der Waals surface area contributed by atoms with Crippen molar-refractivity contribution < 1.29 is 13.2 Å². The largest absolute Gasteiger partial charge is 0.332 e. The number of sulfonamides is 1. The van der Waals surface area contributed by atoms with Crippen molar-refractivity contribution in [2.45, 2.75) is 75.5 Å². The Balaban J connectivity index is 1.28. The highest BCUT2D eigenvalue weighted by Crippen LogP contribution is 2.38. The summed E-state index contributed by atoms with van der Waals surface area (Å²) in [5.41, 5.74) is 5.97. The highest BCUT2D eigenvalue weighted by atomic mass is 32.2. The van der Waals surface area contributed by atoms with Gasteiger partial charge in [-0.05, 0) is 99.6 Å². The summed E-state index contributed by atoms with van der Waals surface area (Å²) in [7, 11) is -3.65. The molecule has 28 heavy (non-hydrogen) atoms. The normalized spacial score (nSPS) is 22.7. The van der Waals surface area contributed by atoms with Crippen LogP contribution in [0.3, 0.4) is 0 Å². The van der Waals surface area contributed by atoms with Crippen LogP contribution in [0.5, 0.6) is 0 Å². The van der Waals surface area contributed by atoms with Crippen LogP contribution in [0.1, 0.15) is 60.8 Å². The van der Waals surface area contributed by atoms with Crippen LogP contribution >= 0.6 is 0 Å². The number of nitrogens with one attached hydrogen (secondary N) is 2. The van der Waals surface area contributed by atoms with Crippen LogP contribution in [-0.4, -0.2) is 43.7 Å². The van der Waals surface area contributed by atoms with Gasteiger partial charge in [0.15, 0.2) is 0 Å². The molecule has 0 spiro atoms. The number of carbonyl (C=O) groups excluding carboxylic acids is 1. The van der Waals surface area contributed by atoms with Gasteiger partial charge in [-0.2, -0.15) is 0 Å². The first kappa shape index (κ1) is 18.4. The highest BCUT2D eigenvalue weighted by Gasteiger charge is 2.36. The van der Waals surface area contributed by atoms with Gasteiger partial charge < -0.3 is 10.2 Å². The minimum Gasteiger partial charge on any atom is -0.307 e. The van der Waals surface area contributed by atoms with E-state index in [-0.39, 0.29) is 0 Å². The average molecular weight is 404 g/mol. The van der Waals surface area contributed by atoms with Crippen LogP contribution in [0.2, 0.25) is 0 Å². The molecule has 0 aromatic heterocycles. The Kier molecular flexibility index (Phi) is 4.62. The van der Waals surface area contributed by atoms with E-state index in [4.69, 9.17) is 0 Å². The van der Waals surface area contributed by atoms with Gasteiger partial charge in [0.25, 0.3) is 0 Å². The molecule has 0 radical (unpaired) electrons. The zero-order valence-electron chi connectivity index (χ0n) is 16.3. The van der Waals surface area contributed by atoms with E-state index in [0.29, 0.717) is 18.9 Å². The molecular formula is C21H29N3O3S. The van der Waals surface area contributed by atoms with E-state index in [1.165, 1.54) is 35.1 Å². The summed E-state index contributed by atoms with van der Waals surface area (Å²) in [5.74, 6) is 0. The molecule has 0 unspecified atom stereocenters. The van der Waals surface area contributed by atoms with Crippen LogP contribution in [0.4, 0.5) is 10.5 Å². The van der Waals surface area contributed by atoms with E-state index >= 15 is 0 Å². The van der Waals surface area contributed by atoms with Gasteiger partial charge in [0.05, 0.1) is 5.25 Å². The highest BCUT2D eigenvalue weighted by molar-refractivity contribution is 7.90. The van der Waals surface area contributed by atoms with E-state index < -0.39 is 21.3 Å². The number of rotatable bonds is 4. The van der Waals surface area contributed by atoms with Crippen molar-refractivity contribution in [3.63, 3.8) is 0 Å². The number of hydrogen-bond donors (Lipinski definition) is 2. The van der Waals surface area contributed by atoms with E-state index in [1.807, 2.05) is 0 Å². The Labute approximate surface area is 167 Å². The molecule has 1 saturated heterocycles. The number of amides is 2. The van der Waals surface area contributed by atoms with Crippen LogP contribution in [0, 0.1) is 0 Å². The Morgan fingerprint density at radius 2 is 1.54 bits per heavy atom. The molecule has 6 nitrogen and oxygen atoms in total. The van der Waals surface area contributed by atoms with Crippen molar-refractivity contribution in [2.24, 2.45) is 0 Å². The fourth-order valence-corrected chi connectivity index (χ4v) is 6.62. The number of aryl methyl sites for hydroxylation is 2. The van der Waals surface area contributed by atoms with Crippen LogP contribution < -0.4 is 10.0 Å². The molecule has 1 aliphatic heterocycles. The molecule has 5 rings (SSSR count). The second-order valence-electron chi connectivity index (χ2n) is 8.80. The van der Waals surface area contributed by atoms with Crippen LogP contribution in [0.15, 0.2) is 6.07 Å². The van der Waals surface area contributed by atoms with Gasteiger partial charge >= 0.3 is 6.03 Å². The lowest BCUT2D eigenvalue weighted by Crippen LogP contribution is -2.46. The number of piperidine rings is 1. The monoisotopic (exact) mass is 403 g/mol. The standard InChI is InChI=1S/C21H29N3O3S/c25-21(23-28(26,27)17-9-11-24(12-10-17)16-7-8-16)22-20-18-5-1-3-14(18)13-15-4-2-6-19(15)20/h13,16-17H,1-12H2,(H2,22,23,25). The summed E-state index contributed by atoms with van der Waals surface area (Å²) >= 11 is 0. The van der Waals surface area contributed by atoms with Gasteiger partial charge in [0, 0.05) is 11.7 Å².